The molecule has 1 N–H and O–H groups in total. The number of sulfonamides is 1. The fraction of sp³-hybridized carbons (Fsp3) is 0.458. The number of carbonyl (C=O) groups is 1. The predicted octanol–water partition coefficient (Wildman–Crippen LogP) is 3.31. The highest BCUT2D eigenvalue weighted by molar-refractivity contribution is 7.88. The fourth-order valence-electron chi connectivity index (χ4n) is 3.85. The van der Waals surface area contributed by atoms with Gasteiger partial charge in [0.15, 0.2) is 0 Å². The molecule has 1 heterocycles. The van der Waals surface area contributed by atoms with Gasteiger partial charge in [0.1, 0.15) is 0 Å². The van der Waals surface area contributed by atoms with E-state index in [9.17, 15) is 13.2 Å². The normalized spacial score (nSPS) is 17.0. The Hall–Kier alpha value is -2.38. The number of amides is 1. The number of anilines is 1. The van der Waals surface area contributed by atoms with Crippen LogP contribution in [0.1, 0.15) is 36.5 Å². The molecule has 2 aromatic rings. The number of rotatable bonds is 8. The van der Waals surface area contributed by atoms with E-state index in [-0.39, 0.29) is 19.0 Å². The Morgan fingerprint density at radius 1 is 1.10 bits per heavy atom. The maximum Gasteiger partial charge on any atom is 0.235 e. The number of carbonyl (C=O) groups excluding carboxylic acids is 1. The van der Waals surface area contributed by atoms with E-state index in [1.54, 1.807) is 0 Å². The van der Waals surface area contributed by atoms with Crippen LogP contribution in [-0.4, -0.2) is 44.5 Å². The molecule has 1 aliphatic heterocycles. The quantitative estimate of drug-likeness (QED) is 0.680. The summed E-state index contributed by atoms with van der Waals surface area (Å²) in [6, 6.07) is 15.9. The van der Waals surface area contributed by atoms with Crippen molar-refractivity contribution in [2.24, 2.45) is 5.92 Å². The zero-order valence-electron chi connectivity index (χ0n) is 18.7. The molecule has 1 aliphatic rings. The molecule has 0 spiro atoms. The first-order chi connectivity index (χ1) is 14.7. The van der Waals surface area contributed by atoms with Crippen LogP contribution < -0.4 is 10.2 Å². The van der Waals surface area contributed by atoms with Crippen LogP contribution in [-0.2, 0) is 27.9 Å². The van der Waals surface area contributed by atoms with Gasteiger partial charge in [-0.15, -0.1) is 0 Å². The maximum atomic E-state index is 12.4. The zero-order valence-corrected chi connectivity index (χ0v) is 19.5. The molecule has 3 rings (SSSR count). The van der Waals surface area contributed by atoms with Gasteiger partial charge in [-0.3, -0.25) is 4.79 Å². The van der Waals surface area contributed by atoms with Crippen molar-refractivity contribution in [3.63, 3.8) is 0 Å². The second-order valence-electron chi connectivity index (χ2n) is 8.65. The smallest absolute Gasteiger partial charge is 0.235 e. The van der Waals surface area contributed by atoms with Crippen molar-refractivity contribution in [2.75, 3.05) is 30.8 Å². The first-order valence-electron chi connectivity index (χ1n) is 10.8. The van der Waals surface area contributed by atoms with Gasteiger partial charge in [0, 0.05) is 31.9 Å². The zero-order chi connectivity index (χ0) is 22.4. The van der Waals surface area contributed by atoms with Gasteiger partial charge in [0.25, 0.3) is 0 Å². The van der Waals surface area contributed by atoms with Crippen molar-refractivity contribution in [3.8, 4) is 0 Å². The molecule has 0 radical (unpaired) electrons. The van der Waals surface area contributed by atoms with Crippen LogP contribution >= 0.6 is 0 Å². The lowest BCUT2D eigenvalue weighted by atomic mass is 9.99. The van der Waals surface area contributed by atoms with E-state index >= 15 is 0 Å². The lowest BCUT2D eigenvalue weighted by Crippen LogP contribution is -2.39. The highest BCUT2D eigenvalue weighted by Crippen LogP contribution is 2.23. The van der Waals surface area contributed by atoms with Gasteiger partial charge in [-0.25, -0.2) is 8.42 Å². The van der Waals surface area contributed by atoms with Crippen LogP contribution in [0.25, 0.3) is 0 Å². The number of piperidine rings is 1. The molecule has 0 unspecified atom stereocenters. The van der Waals surface area contributed by atoms with Crippen LogP contribution in [0.4, 0.5) is 5.69 Å². The van der Waals surface area contributed by atoms with Crippen molar-refractivity contribution in [2.45, 2.75) is 39.8 Å². The monoisotopic (exact) mass is 443 g/mol. The minimum Gasteiger partial charge on any atom is -0.371 e. The van der Waals surface area contributed by atoms with E-state index in [1.807, 2.05) is 43.3 Å². The Bertz CT molecular complexity index is 972. The molecule has 0 aliphatic carbocycles. The molecule has 1 amide bonds. The molecular weight excluding hydrogens is 410 g/mol. The molecule has 168 valence electrons. The summed E-state index contributed by atoms with van der Waals surface area (Å²) in [6.45, 7) is 6.78. The number of benzene rings is 2. The standard InChI is InChI=1S/C24H33N3O3S/c1-19-6-8-22(9-7-19)17-27(31(3,29)30)18-24(28)25-15-21-10-12-23(13-11-21)26-14-4-5-20(2)16-26/h6-13,20H,4-5,14-18H2,1-3H3,(H,25,28)/t20-/m0/s1. The van der Waals surface area contributed by atoms with Crippen molar-refractivity contribution >= 4 is 21.6 Å². The van der Waals surface area contributed by atoms with Crippen LogP contribution in [0.3, 0.4) is 0 Å². The van der Waals surface area contributed by atoms with Gasteiger partial charge in [-0.05, 0) is 48.9 Å². The van der Waals surface area contributed by atoms with Gasteiger partial charge in [-0.2, -0.15) is 4.31 Å². The summed E-state index contributed by atoms with van der Waals surface area (Å²) in [7, 11) is -3.51. The van der Waals surface area contributed by atoms with E-state index in [4.69, 9.17) is 0 Å². The Kier molecular flexibility index (Phi) is 7.73. The van der Waals surface area contributed by atoms with E-state index < -0.39 is 10.0 Å². The van der Waals surface area contributed by atoms with Crippen LogP contribution in [0.2, 0.25) is 0 Å². The molecule has 0 aromatic heterocycles. The van der Waals surface area contributed by atoms with Gasteiger partial charge in [0.2, 0.25) is 15.9 Å². The summed E-state index contributed by atoms with van der Waals surface area (Å²) in [5.74, 6) is 0.400. The number of hydrogen-bond acceptors (Lipinski definition) is 4. The Labute approximate surface area is 186 Å². The van der Waals surface area contributed by atoms with Gasteiger partial charge in [-0.1, -0.05) is 48.9 Å². The van der Waals surface area contributed by atoms with Crippen molar-refractivity contribution in [1.82, 2.24) is 9.62 Å². The molecule has 1 saturated heterocycles. The second kappa shape index (κ2) is 10.3. The molecule has 1 atom stereocenters. The SMILES string of the molecule is Cc1ccc(CN(CC(=O)NCc2ccc(N3CCC[C@H](C)C3)cc2)S(C)(=O)=O)cc1. The first-order valence-corrected chi connectivity index (χ1v) is 12.7. The number of aryl methyl sites for hydroxylation is 1. The molecule has 7 heteroatoms. The summed E-state index contributed by atoms with van der Waals surface area (Å²) < 4.78 is 25.5. The van der Waals surface area contributed by atoms with Gasteiger partial charge in [0.05, 0.1) is 12.8 Å². The predicted molar refractivity (Wildman–Crippen MR) is 125 cm³/mol. The number of nitrogens with zero attached hydrogens (tertiary/aromatic N) is 2. The molecular formula is C24H33N3O3S. The van der Waals surface area contributed by atoms with Crippen LogP contribution in [0, 0.1) is 12.8 Å². The average Bonchev–Trinajstić information content (AvgIpc) is 2.73. The molecule has 0 bridgehead atoms. The Balaban J connectivity index is 1.54. The van der Waals surface area contributed by atoms with Crippen LogP contribution in [0.5, 0.6) is 0 Å². The van der Waals surface area contributed by atoms with E-state index in [0.29, 0.717) is 12.5 Å². The second-order valence-corrected chi connectivity index (χ2v) is 10.6. The third kappa shape index (κ3) is 7.08. The lowest BCUT2D eigenvalue weighted by molar-refractivity contribution is -0.121. The summed E-state index contributed by atoms with van der Waals surface area (Å²) in [4.78, 5) is 14.9. The Morgan fingerprint density at radius 2 is 1.74 bits per heavy atom. The topological polar surface area (TPSA) is 69.7 Å². The van der Waals surface area contributed by atoms with Crippen molar-refractivity contribution in [3.05, 3.63) is 65.2 Å². The molecule has 6 nitrogen and oxygen atoms in total. The summed E-state index contributed by atoms with van der Waals surface area (Å²) >= 11 is 0. The fourth-order valence-corrected chi connectivity index (χ4v) is 4.59. The average molecular weight is 444 g/mol. The molecule has 1 fully saturated rings. The largest absolute Gasteiger partial charge is 0.371 e. The molecule has 2 aromatic carbocycles. The molecule has 31 heavy (non-hydrogen) atoms. The molecule has 0 saturated carbocycles. The maximum absolute atomic E-state index is 12.4. The van der Waals surface area contributed by atoms with Gasteiger partial charge >= 0.3 is 0 Å². The summed E-state index contributed by atoms with van der Waals surface area (Å²) in [6.07, 6.45) is 3.64. The van der Waals surface area contributed by atoms with E-state index in [2.05, 4.69) is 29.3 Å². The van der Waals surface area contributed by atoms with Crippen molar-refractivity contribution < 1.29 is 13.2 Å². The van der Waals surface area contributed by atoms with Crippen LogP contribution in [0.15, 0.2) is 48.5 Å². The third-order valence-corrected chi connectivity index (χ3v) is 6.91. The number of nitrogens with one attached hydrogen (secondary N) is 1. The minimum atomic E-state index is -3.51. The lowest BCUT2D eigenvalue weighted by Gasteiger charge is -2.32. The van der Waals surface area contributed by atoms with E-state index in [1.165, 1.54) is 22.8 Å². The summed E-state index contributed by atoms with van der Waals surface area (Å²) in [5.41, 5.74) is 4.16. The highest BCUT2D eigenvalue weighted by atomic mass is 32.2. The number of hydrogen-bond donors (Lipinski definition) is 1. The summed E-state index contributed by atoms with van der Waals surface area (Å²) in [5, 5.41) is 2.84. The van der Waals surface area contributed by atoms with Gasteiger partial charge < -0.3 is 10.2 Å². The van der Waals surface area contributed by atoms with Crippen molar-refractivity contribution in [1.29, 1.82) is 0 Å². The first kappa shape index (κ1) is 23.3. The minimum absolute atomic E-state index is 0.176. The Morgan fingerprint density at radius 3 is 2.35 bits per heavy atom. The van der Waals surface area contributed by atoms with E-state index in [0.717, 1.165) is 36.0 Å². The highest BCUT2D eigenvalue weighted by Gasteiger charge is 2.20. The third-order valence-electron chi connectivity index (χ3n) is 5.72.